The number of carbonyl (C=O) groups is 2. The molecule has 0 aromatic heterocycles. The van der Waals surface area contributed by atoms with Crippen molar-refractivity contribution in [2.45, 2.75) is 121 Å². The van der Waals surface area contributed by atoms with E-state index < -0.39 is 47.7 Å². The van der Waals surface area contributed by atoms with Crippen LogP contribution in [0.4, 0.5) is 4.79 Å². The van der Waals surface area contributed by atoms with Crippen molar-refractivity contribution in [1.29, 1.82) is 0 Å². The quantitative estimate of drug-likeness (QED) is 0.104. The number of esters is 1. The highest BCUT2D eigenvalue weighted by atomic mass is 16.6. The van der Waals surface area contributed by atoms with Gasteiger partial charge in [0.15, 0.2) is 6.10 Å². The van der Waals surface area contributed by atoms with Gasteiger partial charge in [-0.25, -0.2) is 4.79 Å². The van der Waals surface area contributed by atoms with Crippen molar-refractivity contribution in [1.82, 2.24) is 9.80 Å². The van der Waals surface area contributed by atoms with E-state index in [1.165, 1.54) is 4.90 Å². The number of likely N-dealkylation sites (N-methyl/N-ethyl adjacent to an activating group) is 1. The molecule has 12 heteroatoms. The maximum atomic E-state index is 13.1. The van der Waals surface area contributed by atoms with Crippen LogP contribution < -0.4 is 0 Å². The number of hydrogen-bond donors (Lipinski definition) is 4. The molecule has 3 heterocycles. The third-order valence-corrected chi connectivity index (χ3v) is 9.76. The van der Waals surface area contributed by atoms with Crippen LogP contribution in [0.1, 0.15) is 73.6 Å². The number of ether oxygens (including phenoxy) is 4. The molecule has 48 heavy (non-hydrogen) atoms. The van der Waals surface area contributed by atoms with E-state index in [1.807, 2.05) is 27.7 Å². The van der Waals surface area contributed by atoms with Crippen LogP contribution in [0.15, 0.2) is 36.0 Å². The number of rotatable bonds is 12. The number of allylic oxidation sites excluding steroid dienone is 2. The Morgan fingerprint density at radius 3 is 2.65 bits per heavy atom. The van der Waals surface area contributed by atoms with Gasteiger partial charge in [0.05, 0.1) is 49.7 Å². The van der Waals surface area contributed by atoms with E-state index in [0.717, 1.165) is 13.1 Å². The molecular weight excluding hydrogens is 620 g/mol. The Balaban J connectivity index is 1.71. The summed E-state index contributed by atoms with van der Waals surface area (Å²) in [6.45, 7) is 14.9. The molecule has 3 aliphatic heterocycles. The minimum Gasteiger partial charge on any atom is -0.457 e. The zero-order chi connectivity index (χ0) is 35.6. The van der Waals surface area contributed by atoms with Gasteiger partial charge in [0.2, 0.25) is 0 Å². The number of aliphatic hydroxyl groups is 4. The molecule has 3 rings (SSSR count). The highest BCUT2D eigenvalue weighted by Crippen LogP contribution is 2.37. The number of morpholine rings is 1. The highest BCUT2D eigenvalue weighted by Gasteiger charge is 2.47. The zero-order valence-electron chi connectivity index (χ0n) is 29.9. The van der Waals surface area contributed by atoms with Crippen LogP contribution in [-0.2, 0) is 23.7 Å². The van der Waals surface area contributed by atoms with Crippen LogP contribution in [0.2, 0.25) is 0 Å². The first-order chi connectivity index (χ1) is 22.5. The molecule has 12 nitrogen and oxygen atoms in total. The number of nitrogens with zero attached hydrogens (tertiary/aromatic N) is 2. The fourth-order valence-corrected chi connectivity index (χ4v) is 6.21. The summed E-state index contributed by atoms with van der Waals surface area (Å²) in [4.78, 5) is 29.7. The molecule has 0 aromatic rings. The van der Waals surface area contributed by atoms with Crippen molar-refractivity contribution in [2.75, 3.05) is 46.4 Å². The number of hydrogen-bond acceptors (Lipinski definition) is 11. The predicted octanol–water partition coefficient (Wildman–Crippen LogP) is 2.97. The van der Waals surface area contributed by atoms with Crippen molar-refractivity contribution >= 4 is 12.1 Å². The van der Waals surface area contributed by atoms with Crippen LogP contribution >= 0.6 is 0 Å². The molecule has 10 unspecified atom stereocenters. The average Bonchev–Trinajstić information content (AvgIpc) is 3.80. The lowest BCUT2D eigenvalue weighted by molar-refractivity contribution is -0.151. The number of amides is 1. The first-order valence-corrected chi connectivity index (χ1v) is 17.4. The number of epoxide rings is 1. The Bertz CT molecular complexity index is 1130. The maximum absolute atomic E-state index is 13.1. The van der Waals surface area contributed by atoms with Gasteiger partial charge in [-0.2, -0.15) is 0 Å². The lowest BCUT2D eigenvalue weighted by atomic mass is 9.88. The first kappa shape index (κ1) is 40.1. The summed E-state index contributed by atoms with van der Waals surface area (Å²) in [6.07, 6.45) is 5.47. The van der Waals surface area contributed by atoms with Crippen molar-refractivity contribution < 1.29 is 49.0 Å². The topological polar surface area (TPSA) is 162 Å². The van der Waals surface area contributed by atoms with Crippen molar-refractivity contribution in [2.24, 2.45) is 11.8 Å². The van der Waals surface area contributed by atoms with Gasteiger partial charge < -0.3 is 44.3 Å². The lowest BCUT2D eigenvalue weighted by Gasteiger charge is -2.34. The van der Waals surface area contributed by atoms with E-state index in [0.29, 0.717) is 44.7 Å². The Morgan fingerprint density at radius 2 is 1.98 bits per heavy atom. The molecule has 0 radical (unpaired) electrons. The molecule has 0 aromatic carbocycles. The molecule has 3 aliphatic rings. The van der Waals surface area contributed by atoms with Gasteiger partial charge in [-0.05, 0) is 51.7 Å². The average molecular weight is 681 g/mol. The molecule has 0 bridgehead atoms. The fraction of sp³-hybridized carbons (Fsp3) is 0.778. The minimum atomic E-state index is -1.51. The summed E-state index contributed by atoms with van der Waals surface area (Å²) in [6, 6.07) is 0. The Kier molecular flexibility index (Phi) is 15.1. The van der Waals surface area contributed by atoms with Gasteiger partial charge in [-0.1, -0.05) is 45.1 Å². The summed E-state index contributed by atoms with van der Waals surface area (Å²) in [5, 5.41) is 43.2. The van der Waals surface area contributed by atoms with Gasteiger partial charge in [-0.15, -0.1) is 0 Å². The number of aliphatic hydroxyl groups excluding tert-OH is 2. The second-order valence-electron chi connectivity index (χ2n) is 14.4. The van der Waals surface area contributed by atoms with Crippen LogP contribution in [0, 0.1) is 11.8 Å². The van der Waals surface area contributed by atoms with Gasteiger partial charge >= 0.3 is 12.1 Å². The normalized spacial score (nSPS) is 33.6. The first-order valence-electron chi connectivity index (χ1n) is 17.4. The molecule has 2 saturated heterocycles. The largest absolute Gasteiger partial charge is 0.457 e. The Morgan fingerprint density at radius 1 is 1.29 bits per heavy atom. The number of cyclic esters (lactones) is 1. The van der Waals surface area contributed by atoms with Crippen LogP contribution in [-0.4, -0.2) is 137 Å². The summed E-state index contributed by atoms with van der Waals surface area (Å²) < 4.78 is 22.8. The summed E-state index contributed by atoms with van der Waals surface area (Å²) in [5.41, 5.74) is -1.97. The molecule has 2 fully saturated rings. The molecule has 0 aliphatic carbocycles. The Hall–Kier alpha value is -2.32. The van der Waals surface area contributed by atoms with Gasteiger partial charge in [-0.3, -0.25) is 9.69 Å². The fourth-order valence-electron chi connectivity index (χ4n) is 6.21. The second-order valence-corrected chi connectivity index (χ2v) is 14.4. The van der Waals surface area contributed by atoms with Gasteiger partial charge in [0.25, 0.3) is 0 Å². The molecule has 10 atom stereocenters. The minimum absolute atomic E-state index is 0.0150. The molecule has 274 valence electrons. The van der Waals surface area contributed by atoms with E-state index >= 15 is 0 Å². The smallest absolute Gasteiger partial charge is 0.410 e. The summed E-state index contributed by atoms with van der Waals surface area (Å²) in [5.74, 6) is -0.973. The van der Waals surface area contributed by atoms with E-state index in [-0.39, 0.29) is 43.3 Å². The van der Waals surface area contributed by atoms with Crippen LogP contribution in [0.3, 0.4) is 0 Å². The third-order valence-electron chi connectivity index (χ3n) is 9.76. The van der Waals surface area contributed by atoms with Crippen molar-refractivity contribution in [3.05, 3.63) is 36.0 Å². The highest BCUT2D eigenvalue weighted by molar-refractivity contribution is 5.70. The summed E-state index contributed by atoms with van der Waals surface area (Å²) in [7, 11) is 1.66. The lowest BCUT2D eigenvalue weighted by Crippen LogP contribution is -2.46. The third kappa shape index (κ3) is 12.5. The van der Waals surface area contributed by atoms with Crippen molar-refractivity contribution in [3.63, 3.8) is 0 Å². The summed E-state index contributed by atoms with van der Waals surface area (Å²) >= 11 is 0. The molecule has 0 saturated carbocycles. The zero-order valence-corrected chi connectivity index (χ0v) is 29.9. The molecule has 4 N–H and O–H groups in total. The van der Waals surface area contributed by atoms with Crippen LogP contribution in [0.5, 0.6) is 0 Å². The Labute approximate surface area is 286 Å². The van der Waals surface area contributed by atoms with Crippen LogP contribution in [0.25, 0.3) is 0 Å². The van der Waals surface area contributed by atoms with Crippen molar-refractivity contribution in [3.8, 4) is 0 Å². The molecule has 0 spiro atoms. The molecule has 1 amide bonds. The monoisotopic (exact) mass is 680 g/mol. The van der Waals surface area contributed by atoms with E-state index in [1.54, 1.807) is 51.3 Å². The predicted molar refractivity (Wildman–Crippen MR) is 181 cm³/mol. The number of carbonyl (C=O) groups excluding carboxylic acids is 2. The second kappa shape index (κ2) is 18.1. The van der Waals surface area contributed by atoms with E-state index in [4.69, 9.17) is 18.9 Å². The van der Waals surface area contributed by atoms with E-state index in [2.05, 4.69) is 4.90 Å². The maximum Gasteiger partial charge on any atom is 0.410 e. The van der Waals surface area contributed by atoms with Gasteiger partial charge in [0, 0.05) is 51.5 Å². The van der Waals surface area contributed by atoms with Gasteiger partial charge in [0.1, 0.15) is 11.7 Å². The van der Waals surface area contributed by atoms with E-state index in [9.17, 15) is 30.0 Å². The SMILES string of the molecule is CCC(O)C(C)C1OC1CC(C)(O)C=CC=C(C)C1OC(=O)CC(O)CCC(C)(O)C(OC(=O)N(C)CCN2CCOCC2)C=CC1C. The molecular formula is C36H60N2O10. The standard InChI is InChI=1S/C36H60N2O10/c1-8-28(40)26(4)33-29(46-33)23-35(5,43)14-9-10-24(2)32-25(3)11-12-30(36(6,44)15-13-27(39)22-31(41)48-32)47-34(42)37(7)16-17-38-18-20-45-21-19-38/h9-12,14,25-30,32-33,39-40,43-44H,8,13,15-23H2,1-7H3.